The van der Waals surface area contributed by atoms with Gasteiger partial charge in [0.25, 0.3) is 0 Å². The van der Waals surface area contributed by atoms with E-state index in [0.717, 1.165) is 6.42 Å². The van der Waals surface area contributed by atoms with Gasteiger partial charge in [-0.3, -0.25) is 4.79 Å². The summed E-state index contributed by atoms with van der Waals surface area (Å²) in [6.45, 7) is 3.30. The van der Waals surface area contributed by atoms with Crippen LogP contribution in [-0.2, 0) is 9.53 Å². The first-order valence-electron chi connectivity index (χ1n) is 5.21. The van der Waals surface area contributed by atoms with E-state index in [1.54, 1.807) is 30.2 Å². The Labute approximate surface area is 105 Å². The van der Waals surface area contributed by atoms with E-state index in [1.807, 2.05) is 24.4 Å². The molecule has 0 saturated carbocycles. The summed E-state index contributed by atoms with van der Waals surface area (Å²) in [5.74, 6) is 0.0921. The monoisotopic (exact) mass is 259 g/mol. The van der Waals surface area contributed by atoms with Crippen LogP contribution in [0.1, 0.15) is 13.3 Å². The second kappa shape index (κ2) is 7.70. The van der Waals surface area contributed by atoms with Crippen LogP contribution in [0.5, 0.6) is 0 Å². The van der Waals surface area contributed by atoms with Gasteiger partial charge in [0.2, 0.25) is 5.91 Å². The van der Waals surface area contributed by atoms with Crippen LogP contribution in [-0.4, -0.2) is 31.4 Å². The van der Waals surface area contributed by atoms with Crippen molar-refractivity contribution >= 4 is 29.0 Å². The lowest BCUT2D eigenvalue weighted by molar-refractivity contribution is -0.120. The van der Waals surface area contributed by atoms with Gasteiger partial charge in [0, 0.05) is 20.3 Å². The Morgan fingerprint density at radius 3 is 3.12 bits per heavy atom. The zero-order valence-electron chi connectivity index (χ0n) is 9.56. The Morgan fingerprint density at radius 2 is 2.50 bits per heavy atom. The minimum atomic E-state index is -0.0406. The summed E-state index contributed by atoms with van der Waals surface area (Å²) in [6.07, 6.45) is 0.860. The van der Waals surface area contributed by atoms with Crippen LogP contribution in [0.25, 0.3) is 0 Å². The highest BCUT2D eigenvalue weighted by Gasteiger charge is 2.13. The van der Waals surface area contributed by atoms with Crippen molar-refractivity contribution in [3.63, 3.8) is 0 Å². The molecule has 0 spiro atoms. The fraction of sp³-hybridized carbons (Fsp3) is 0.545. The lowest BCUT2D eigenvalue weighted by Gasteiger charge is -2.10. The Hall–Kier alpha value is -0.520. The van der Waals surface area contributed by atoms with E-state index in [1.165, 1.54) is 4.21 Å². The molecule has 1 atom stereocenters. The third kappa shape index (κ3) is 5.01. The maximum absolute atomic E-state index is 11.7. The summed E-state index contributed by atoms with van der Waals surface area (Å²) in [4.78, 5) is 11.7. The van der Waals surface area contributed by atoms with E-state index in [-0.39, 0.29) is 11.2 Å². The van der Waals surface area contributed by atoms with Crippen LogP contribution in [0.4, 0.5) is 0 Å². The van der Waals surface area contributed by atoms with Gasteiger partial charge in [0.1, 0.15) is 0 Å². The van der Waals surface area contributed by atoms with Crippen LogP contribution in [0, 0.1) is 0 Å². The first-order valence-corrected chi connectivity index (χ1v) is 6.96. The van der Waals surface area contributed by atoms with Crippen molar-refractivity contribution in [2.75, 3.05) is 20.3 Å². The molecule has 0 aromatic carbocycles. The Morgan fingerprint density at radius 1 is 1.69 bits per heavy atom. The molecule has 0 aliphatic rings. The van der Waals surface area contributed by atoms with Crippen LogP contribution in [0.3, 0.4) is 0 Å². The molecular formula is C11H17NO2S2. The predicted molar refractivity (Wildman–Crippen MR) is 69.1 cm³/mol. The lowest BCUT2D eigenvalue weighted by Crippen LogP contribution is -2.31. The molecule has 0 aliphatic carbocycles. The predicted octanol–water partition coefficient (Wildman–Crippen LogP) is 2.38. The van der Waals surface area contributed by atoms with Gasteiger partial charge in [-0.05, 0) is 24.8 Å². The smallest absolute Gasteiger partial charge is 0.233 e. The molecule has 1 rings (SSSR count). The van der Waals surface area contributed by atoms with Crippen molar-refractivity contribution in [2.45, 2.75) is 22.8 Å². The SMILES string of the molecule is COCCCNC(=O)[C@@H](C)Sc1cccs1. The maximum Gasteiger partial charge on any atom is 0.233 e. The van der Waals surface area contributed by atoms with Crippen LogP contribution >= 0.6 is 23.1 Å². The number of ether oxygens (including phenoxy) is 1. The Kier molecular flexibility index (Phi) is 6.52. The highest BCUT2D eigenvalue weighted by atomic mass is 32.2. The van der Waals surface area contributed by atoms with Crippen LogP contribution in [0.15, 0.2) is 21.7 Å². The van der Waals surface area contributed by atoms with Gasteiger partial charge in [-0.25, -0.2) is 0 Å². The third-order valence-corrected chi connectivity index (χ3v) is 4.16. The van der Waals surface area contributed by atoms with Gasteiger partial charge < -0.3 is 10.1 Å². The summed E-state index contributed by atoms with van der Waals surface area (Å²) in [5.41, 5.74) is 0. The highest BCUT2D eigenvalue weighted by molar-refractivity contribution is 8.02. The average Bonchev–Trinajstić information content (AvgIpc) is 2.76. The topological polar surface area (TPSA) is 38.3 Å². The number of thioether (sulfide) groups is 1. The summed E-state index contributed by atoms with van der Waals surface area (Å²) in [6, 6.07) is 4.03. The van der Waals surface area contributed by atoms with Gasteiger partial charge in [-0.1, -0.05) is 6.07 Å². The summed E-state index contributed by atoms with van der Waals surface area (Å²) in [7, 11) is 1.66. The van der Waals surface area contributed by atoms with Crippen molar-refractivity contribution in [3.8, 4) is 0 Å². The van der Waals surface area contributed by atoms with E-state index in [4.69, 9.17) is 4.74 Å². The van der Waals surface area contributed by atoms with E-state index in [0.29, 0.717) is 13.2 Å². The molecule has 0 fully saturated rings. The number of thiophene rings is 1. The largest absolute Gasteiger partial charge is 0.385 e. The van der Waals surface area contributed by atoms with Gasteiger partial charge in [0.15, 0.2) is 0 Å². The first kappa shape index (κ1) is 13.5. The molecule has 0 bridgehead atoms. The Bertz CT molecular complexity index is 301. The normalized spacial score (nSPS) is 12.4. The van der Waals surface area contributed by atoms with Crippen molar-refractivity contribution < 1.29 is 9.53 Å². The molecule has 90 valence electrons. The zero-order valence-corrected chi connectivity index (χ0v) is 11.2. The van der Waals surface area contributed by atoms with Gasteiger partial charge in [-0.15, -0.1) is 23.1 Å². The first-order chi connectivity index (χ1) is 7.74. The molecule has 3 nitrogen and oxygen atoms in total. The fourth-order valence-corrected chi connectivity index (χ4v) is 3.10. The molecule has 0 aliphatic heterocycles. The van der Waals surface area contributed by atoms with Crippen LogP contribution < -0.4 is 5.32 Å². The van der Waals surface area contributed by atoms with Gasteiger partial charge in [0.05, 0.1) is 9.46 Å². The van der Waals surface area contributed by atoms with E-state index >= 15 is 0 Å². The second-order valence-corrected chi connectivity index (χ2v) is 5.92. The van der Waals surface area contributed by atoms with Crippen molar-refractivity contribution in [1.29, 1.82) is 0 Å². The fourth-order valence-electron chi connectivity index (χ4n) is 1.13. The summed E-state index contributed by atoms with van der Waals surface area (Å²) < 4.78 is 6.09. The summed E-state index contributed by atoms with van der Waals surface area (Å²) in [5, 5.41) is 4.87. The molecule has 0 saturated heterocycles. The molecule has 1 N–H and O–H groups in total. The molecular weight excluding hydrogens is 242 g/mol. The van der Waals surface area contributed by atoms with Gasteiger partial charge in [-0.2, -0.15) is 0 Å². The maximum atomic E-state index is 11.7. The standard InChI is InChI=1S/C11H17NO2S2/c1-9(16-10-5-3-8-15-10)11(13)12-6-4-7-14-2/h3,5,8-9H,4,6-7H2,1-2H3,(H,12,13)/t9-/m1/s1. The molecule has 0 unspecified atom stereocenters. The molecule has 5 heteroatoms. The van der Waals surface area contributed by atoms with E-state index in [2.05, 4.69) is 5.32 Å². The molecule has 1 heterocycles. The quantitative estimate of drug-likeness (QED) is 0.603. The van der Waals surface area contributed by atoms with Crippen molar-refractivity contribution in [3.05, 3.63) is 17.5 Å². The molecule has 16 heavy (non-hydrogen) atoms. The average molecular weight is 259 g/mol. The van der Waals surface area contributed by atoms with Crippen molar-refractivity contribution in [2.24, 2.45) is 0 Å². The van der Waals surface area contributed by atoms with Crippen LogP contribution in [0.2, 0.25) is 0 Å². The second-order valence-electron chi connectivity index (χ2n) is 3.33. The van der Waals surface area contributed by atoms with Gasteiger partial charge >= 0.3 is 0 Å². The number of hydrogen-bond acceptors (Lipinski definition) is 4. The molecule has 0 radical (unpaired) electrons. The van der Waals surface area contributed by atoms with E-state index < -0.39 is 0 Å². The van der Waals surface area contributed by atoms with E-state index in [9.17, 15) is 4.79 Å². The van der Waals surface area contributed by atoms with Crippen molar-refractivity contribution in [1.82, 2.24) is 5.32 Å². The molecule has 1 aromatic rings. The number of nitrogens with one attached hydrogen (secondary N) is 1. The minimum Gasteiger partial charge on any atom is -0.385 e. The zero-order chi connectivity index (χ0) is 11.8. The number of methoxy groups -OCH3 is 1. The number of hydrogen-bond donors (Lipinski definition) is 1. The lowest BCUT2D eigenvalue weighted by atomic mass is 10.4. The summed E-state index contributed by atoms with van der Waals surface area (Å²) >= 11 is 3.26. The Balaban J connectivity index is 2.20. The number of carbonyl (C=O) groups excluding carboxylic acids is 1. The number of carbonyl (C=O) groups is 1. The molecule has 1 amide bonds. The minimum absolute atomic E-state index is 0.0406. The highest BCUT2D eigenvalue weighted by Crippen LogP contribution is 2.27. The number of amides is 1. The number of rotatable bonds is 7. The third-order valence-electron chi connectivity index (χ3n) is 1.98. The molecule has 1 aromatic heterocycles.